The number of rotatable bonds is 6. The van der Waals surface area contributed by atoms with Gasteiger partial charge in [-0.2, -0.15) is 0 Å². The SMILES string of the molecule is C=C(C)CNC(N)=NCc1ccc(NC(=O)C(C)C)cc1. The van der Waals surface area contributed by atoms with Gasteiger partial charge in [-0.1, -0.05) is 38.1 Å². The Hall–Kier alpha value is -2.30. The zero-order chi connectivity index (χ0) is 15.8. The second-order valence-electron chi connectivity index (χ2n) is 5.35. The van der Waals surface area contributed by atoms with Crippen molar-refractivity contribution >= 4 is 17.6 Å². The molecular weight excluding hydrogens is 264 g/mol. The second kappa shape index (κ2) is 8.09. The molecule has 0 aliphatic carbocycles. The lowest BCUT2D eigenvalue weighted by Gasteiger charge is -2.08. The molecule has 5 heteroatoms. The van der Waals surface area contributed by atoms with Crippen LogP contribution in [-0.4, -0.2) is 18.4 Å². The quantitative estimate of drug-likeness (QED) is 0.427. The second-order valence-corrected chi connectivity index (χ2v) is 5.35. The minimum Gasteiger partial charge on any atom is -0.370 e. The Morgan fingerprint density at radius 3 is 2.48 bits per heavy atom. The molecule has 0 saturated heterocycles. The van der Waals surface area contributed by atoms with Gasteiger partial charge in [0.15, 0.2) is 5.96 Å². The van der Waals surface area contributed by atoms with Gasteiger partial charge < -0.3 is 16.4 Å². The lowest BCUT2D eigenvalue weighted by molar-refractivity contribution is -0.118. The van der Waals surface area contributed by atoms with E-state index < -0.39 is 0 Å². The van der Waals surface area contributed by atoms with Crippen LogP contribution in [0.5, 0.6) is 0 Å². The predicted octanol–water partition coefficient (Wildman–Crippen LogP) is 2.26. The van der Waals surface area contributed by atoms with Crippen LogP contribution < -0.4 is 16.4 Å². The first-order valence-electron chi connectivity index (χ1n) is 6.96. The molecule has 1 aromatic carbocycles. The molecule has 0 saturated carbocycles. The lowest BCUT2D eigenvalue weighted by Crippen LogP contribution is -2.32. The molecule has 21 heavy (non-hydrogen) atoms. The van der Waals surface area contributed by atoms with E-state index in [9.17, 15) is 4.79 Å². The molecule has 0 fully saturated rings. The summed E-state index contributed by atoms with van der Waals surface area (Å²) < 4.78 is 0. The first-order chi connectivity index (χ1) is 9.88. The van der Waals surface area contributed by atoms with Crippen LogP contribution in [0.15, 0.2) is 41.4 Å². The fraction of sp³-hybridized carbons (Fsp3) is 0.375. The third-order valence-electron chi connectivity index (χ3n) is 2.75. The van der Waals surface area contributed by atoms with Crippen LogP contribution in [0.4, 0.5) is 5.69 Å². The number of nitrogens with two attached hydrogens (primary N) is 1. The minimum absolute atomic E-state index is 0.00834. The van der Waals surface area contributed by atoms with Crippen molar-refractivity contribution in [1.29, 1.82) is 0 Å². The largest absolute Gasteiger partial charge is 0.370 e. The van der Waals surface area contributed by atoms with Gasteiger partial charge in [-0.15, -0.1) is 0 Å². The molecule has 0 heterocycles. The van der Waals surface area contributed by atoms with Crippen molar-refractivity contribution < 1.29 is 4.79 Å². The number of nitrogens with one attached hydrogen (secondary N) is 2. The zero-order valence-corrected chi connectivity index (χ0v) is 12.9. The van der Waals surface area contributed by atoms with Crippen molar-refractivity contribution in [2.45, 2.75) is 27.3 Å². The van der Waals surface area contributed by atoms with Gasteiger partial charge in [0.1, 0.15) is 0 Å². The molecule has 4 N–H and O–H groups in total. The minimum atomic E-state index is -0.0338. The van der Waals surface area contributed by atoms with Crippen LogP contribution in [-0.2, 0) is 11.3 Å². The van der Waals surface area contributed by atoms with E-state index in [2.05, 4.69) is 22.2 Å². The third kappa shape index (κ3) is 6.61. The summed E-state index contributed by atoms with van der Waals surface area (Å²) in [4.78, 5) is 15.8. The predicted molar refractivity (Wildman–Crippen MR) is 88.1 cm³/mol. The highest BCUT2D eigenvalue weighted by molar-refractivity contribution is 5.92. The van der Waals surface area contributed by atoms with Crippen LogP contribution in [0.3, 0.4) is 0 Å². The summed E-state index contributed by atoms with van der Waals surface area (Å²) in [5.74, 6) is 0.373. The van der Waals surface area contributed by atoms with Crippen molar-refractivity contribution in [1.82, 2.24) is 5.32 Å². The van der Waals surface area contributed by atoms with E-state index in [0.717, 1.165) is 16.8 Å². The third-order valence-corrected chi connectivity index (χ3v) is 2.75. The van der Waals surface area contributed by atoms with E-state index in [1.165, 1.54) is 0 Å². The Balaban J connectivity index is 2.53. The Morgan fingerprint density at radius 1 is 1.33 bits per heavy atom. The molecule has 0 aromatic heterocycles. The summed E-state index contributed by atoms with van der Waals surface area (Å²) in [6.45, 7) is 10.5. The van der Waals surface area contributed by atoms with Crippen LogP contribution >= 0.6 is 0 Å². The maximum Gasteiger partial charge on any atom is 0.226 e. The maximum absolute atomic E-state index is 11.6. The number of carbonyl (C=O) groups excluding carboxylic acids is 1. The number of benzene rings is 1. The van der Waals surface area contributed by atoms with Gasteiger partial charge in [0, 0.05) is 18.2 Å². The van der Waals surface area contributed by atoms with E-state index >= 15 is 0 Å². The van der Waals surface area contributed by atoms with Crippen LogP contribution in [0, 0.1) is 5.92 Å². The molecule has 0 spiro atoms. The number of guanidine groups is 1. The van der Waals surface area contributed by atoms with Crippen LogP contribution in [0.2, 0.25) is 0 Å². The number of aliphatic imine (C=N–C) groups is 1. The standard InChI is InChI=1S/C16H24N4O/c1-11(2)9-18-16(17)19-10-13-5-7-14(8-6-13)20-15(21)12(3)4/h5-8,12H,1,9-10H2,2-4H3,(H,20,21)(H3,17,18,19). The van der Waals surface area contributed by atoms with E-state index in [1.807, 2.05) is 45.0 Å². The van der Waals surface area contributed by atoms with Crippen LogP contribution in [0.1, 0.15) is 26.3 Å². The van der Waals surface area contributed by atoms with E-state index in [-0.39, 0.29) is 11.8 Å². The molecule has 1 aromatic rings. The number of carbonyl (C=O) groups is 1. The summed E-state index contributed by atoms with van der Waals surface area (Å²) in [5.41, 5.74) is 8.55. The summed E-state index contributed by atoms with van der Waals surface area (Å²) >= 11 is 0. The number of hydrogen-bond acceptors (Lipinski definition) is 2. The maximum atomic E-state index is 11.6. The number of hydrogen-bond donors (Lipinski definition) is 3. The molecule has 0 bridgehead atoms. The van der Waals surface area contributed by atoms with Crippen molar-refractivity contribution in [3.8, 4) is 0 Å². The number of amides is 1. The summed E-state index contributed by atoms with van der Waals surface area (Å²) in [5, 5.41) is 5.82. The van der Waals surface area contributed by atoms with E-state index in [1.54, 1.807) is 0 Å². The van der Waals surface area contributed by atoms with Crippen molar-refractivity contribution in [2.75, 3.05) is 11.9 Å². The van der Waals surface area contributed by atoms with E-state index in [4.69, 9.17) is 5.73 Å². The molecule has 0 aliphatic rings. The average Bonchev–Trinajstić information content (AvgIpc) is 2.44. The average molecular weight is 288 g/mol. The highest BCUT2D eigenvalue weighted by atomic mass is 16.1. The van der Waals surface area contributed by atoms with Gasteiger partial charge in [-0.05, 0) is 24.6 Å². The Kier molecular flexibility index (Phi) is 6.46. The molecule has 0 aliphatic heterocycles. The number of anilines is 1. The van der Waals surface area contributed by atoms with Crippen LogP contribution in [0.25, 0.3) is 0 Å². The topological polar surface area (TPSA) is 79.5 Å². The van der Waals surface area contributed by atoms with Gasteiger partial charge >= 0.3 is 0 Å². The first kappa shape index (κ1) is 16.8. The van der Waals surface area contributed by atoms with Gasteiger partial charge in [0.05, 0.1) is 6.54 Å². The Morgan fingerprint density at radius 2 is 1.95 bits per heavy atom. The molecule has 114 valence electrons. The molecule has 0 radical (unpaired) electrons. The smallest absolute Gasteiger partial charge is 0.226 e. The normalized spacial score (nSPS) is 11.3. The van der Waals surface area contributed by atoms with Gasteiger partial charge in [0.25, 0.3) is 0 Å². The van der Waals surface area contributed by atoms with Gasteiger partial charge in [0.2, 0.25) is 5.91 Å². The van der Waals surface area contributed by atoms with E-state index in [0.29, 0.717) is 19.0 Å². The fourth-order valence-corrected chi connectivity index (χ4v) is 1.45. The summed E-state index contributed by atoms with van der Waals surface area (Å²) in [6.07, 6.45) is 0. The molecule has 5 nitrogen and oxygen atoms in total. The Labute approximate surface area is 126 Å². The van der Waals surface area contributed by atoms with Gasteiger partial charge in [-0.25, -0.2) is 4.99 Å². The number of nitrogens with zero attached hydrogens (tertiary/aromatic N) is 1. The molecule has 1 amide bonds. The fourth-order valence-electron chi connectivity index (χ4n) is 1.45. The zero-order valence-electron chi connectivity index (χ0n) is 12.9. The monoisotopic (exact) mass is 288 g/mol. The molecule has 0 unspecified atom stereocenters. The first-order valence-corrected chi connectivity index (χ1v) is 6.96. The molecule has 1 rings (SSSR count). The van der Waals surface area contributed by atoms with Gasteiger partial charge in [-0.3, -0.25) is 4.79 Å². The lowest BCUT2D eigenvalue weighted by atomic mass is 10.2. The Bertz CT molecular complexity index is 518. The van der Waals surface area contributed by atoms with Crippen molar-refractivity contribution in [2.24, 2.45) is 16.6 Å². The van der Waals surface area contributed by atoms with Crippen molar-refractivity contribution in [3.63, 3.8) is 0 Å². The highest BCUT2D eigenvalue weighted by Crippen LogP contribution is 2.11. The summed E-state index contributed by atoms with van der Waals surface area (Å²) in [6, 6.07) is 7.57. The van der Waals surface area contributed by atoms with Crippen molar-refractivity contribution in [3.05, 3.63) is 42.0 Å². The summed E-state index contributed by atoms with van der Waals surface area (Å²) in [7, 11) is 0. The molecule has 0 atom stereocenters. The highest BCUT2D eigenvalue weighted by Gasteiger charge is 2.06. The molecular formula is C16H24N4O.